The molecule has 0 aliphatic heterocycles. The van der Waals surface area contributed by atoms with E-state index in [1.54, 1.807) is 0 Å². The van der Waals surface area contributed by atoms with Crippen molar-refractivity contribution < 1.29 is 24.2 Å². The van der Waals surface area contributed by atoms with Gasteiger partial charge in [0, 0.05) is 12.8 Å². The molecule has 7 nitrogen and oxygen atoms in total. The first kappa shape index (κ1) is 47.3. The van der Waals surface area contributed by atoms with E-state index in [1.165, 1.54) is 51.4 Å². The number of aliphatic carboxylic acids is 1. The molecule has 0 bridgehead atoms. The van der Waals surface area contributed by atoms with E-state index in [9.17, 15) is 19.5 Å². The van der Waals surface area contributed by atoms with Gasteiger partial charge in [0.2, 0.25) is 5.91 Å². The van der Waals surface area contributed by atoms with Gasteiger partial charge in [0.25, 0.3) is 0 Å². The van der Waals surface area contributed by atoms with Gasteiger partial charge in [-0.1, -0.05) is 133 Å². The lowest BCUT2D eigenvalue weighted by Gasteiger charge is -2.15. The van der Waals surface area contributed by atoms with Crippen LogP contribution >= 0.6 is 0 Å². The summed E-state index contributed by atoms with van der Waals surface area (Å²) in [6.07, 6.45) is 44.6. The van der Waals surface area contributed by atoms with Crippen LogP contribution in [0, 0.1) is 0 Å². The van der Waals surface area contributed by atoms with Crippen molar-refractivity contribution >= 4 is 17.8 Å². The molecule has 0 aromatic heterocycles. The van der Waals surface area contributed by atoms with Gasteiger partial charge >= 0.3 is 11.9 Å². The second-order valence-electron chi connectivity index (χ2n) is 13.7. The van der Waals surface area contributed by atoms with Gasteiger partial charge in [-0.2, -0.15) is 0 Å². The van der Waals surface area contributed by atoms with Crippen LogP contribution in [0.2, 0.25) is 0 Å². The Labute approximate surface area is 307 Å². The summed E-state index contributed by atoms with van der Waals surface area (Å²) in [5.74, 6) is -1.29. The Bertz CT molecular complexity index is 926. The lowest BCUT2D eigenvalue weighted by molar-refractivity contribution is -0.147. The summed E-state index contributed by atoms with van der Waals surface area (Å²) in [5, 5.41) is 11.9. The van der Waals surface area contributed by atoms with Crippen LogP contribution in [0.4, 0.5) is 0 Å². The lowest BCUT2D eigenvalue weighted by Crippen LogP contribution is -2.40. The maximum atomic E-state index is 12.7. The number of allylic oxidation sites excluding steroid dienone is 7. The molecular weight excluding hydrogens is 624 g/mol. The Morgan fingerprint density at radius 1 is 0.620 bits per heavy atom. The Kier molecular flexibility index (Phi) is 35.6. The number of rotatable bonds is 36. The van der Waals surface area contributed by atoms with Crippen LogP contribution in [0.25, 0.3) is 0 Å². The standard InChI is InChI=1S/C43H76N2O5/c1-3-5-7-9-11-13-14-15-16-17-18-19-21-27-31-37-42(47)50-39(33-28-24-20-12-10-8-6-4-2)34-29-25-22-23-26-30-36-41(46)45-40(43(48)49)35-32-38-44/h5,7,11,13,15-16,28,33,39-40H,3-4,6,8-10,12,14,17-27,29-32,34-38,44H2,1-2H3,(H,45,46)(H,48,49)/b7-5-,13-11-,16-15-,33-28-. The monoisotopic (exact) mass is 701 g/mol. The quantitative estimate of drug-likeness (QED) is 0.0340. The highest BCUT2D eigenvalue weighted by molar-refractivity contribution is 5.83. The summed E-state index contributed by atoms with van der Waals surface area (Å²) in [5.41, 5.74) is 5.47. The van der Waals surface area contributed by atoms with Crippen molar-refractivity contribution in [3.8, 4) is 0 Å². The van der Waals surface area contributed by atoms with Crippen molar-refractivity contribution in [2.75, 3.05) is 6.54 Å². The zero-order chi connectivity index (χ0) is 36.8. The van der Waals surface area contributed by atoms with E-state index in [-0.39, 0.29) is 18.0 Å². The molecule has 0 saturated heterocycles. The number of nitrogens with two attached hydrogens (primary N) is 1. The van der Waals surface area contributed by atoms with Crippen LogP contribution in [-0.4, -0.2) is 41.6 Å². The minimum absolute atomic E-state index is 0.0770. The molecule has 0 rings (SSSR count). The van der Waals surface area contributed by atoms with Gasteiger partial charge in [-0.05, 0) is 96.1 Å². The average molecular weight is 701 g/mol. The minimum atomic E-state index is -1.01. The number of carboxylic acid groups (broad SMARTS) is 1. The molecule has 4 N–H and O–H groups in total. The first-order valence-corrected chi connectivity index (χ1v) is 20.5. The first-order valence-electron chi connectivity index (χ1n) is 20.5. The van der Waals surface area contributed by atoms with Gasteiger partial charge in [0.1, 0.15) is 12.1 Å². The Morgan fingerprint density at radius 3 is 1.78 bits per heavy atom. The molecule has 0 aliphatic rings. The molecule has 0 aliphatic carbocycles. The van der Waals surface area contributed by atoms with E-state index in [0.29, 0.717) is 32.2 Å². The largest absolute Gasteiger partial charge is 0.480 e. The molecule has 0 aromatic carbocycles. The molecule has 0 fully saturated rings. The molecule has 0 spiro atoms. The average Bonchev–Trinajstić information content (AvgIpc) is 3.10. The number of amides is 1. The van der Waals surface area contributed by atoms with Crippen molar-refractivity contribution in [3.05, 3.63) is 48.6 Å². The highest BCUT2D eigenvalue weighted by atomic mass is 16.5. The van der Waals surface area contributed by atoms with Gasteiger partial charge in [-0.3, -0.25) is 9.59 Å². The second-order valence-corrected chi connectivity index (χ2v) is 13.7. The Balaban J connectivity index is 4.30. The van der Waals surface area contributed by atoms with Crippen molar-refractivity contribution in [2.45, 2.75) is 199 Å². The number of esters is 1. The molecule has 1 amide bonds. The fraction of sp³-hybridized carbons (Fsp3) is 0.744. The number of carbonyl (C=O) groups excluding carboxylic acids is 2. The summed E-state index contributed by atoms with van der Waals surface area (Å²) < 4.78 is 5.94. The molecule has 2 unspecified atom stereocenters. The summed E-state index contributed by atoms with van der Waals surface area (Å²) in [7, 11) is 0. The van der Waals surface area contributed by atoms with E-state index in [1.807, 2.05) is 0 Å². The van der Waals surface area contributed by atoms with Crippen molar-refractivity contribution in [1.82, 2.24) is 5.32 Å². The summed E-state index contributed by atoms with van der Waals surface area (Å²) >= 11 is 0. The molecular formula is C43H76N2O5. The van der Waals surface area contributed by atoms with E-state index >= 15 is 0 Å². The fourth-order valence-corrected chi connectivity index (χ4v) is 5.79. The molecule has 0 saturated carbocycles. The fourth-order valence-electron chi connectivity index (χ4n) is 5.79. The predicted molar refractivity (Wildman–Crippen MR) is 211 cm³/mol. The molecule has 2 atom stereocenters. The van der Waals surface area contributed by atoms with Crippen LogP contribution < -0.4 is 11.1 Å². The lowest BCUT2D eigenvalue weighted by atomic mass is 10.0. The van der Waals surface area contributed by atoms with E-state index in [2.05, 4.69) is 67.8 Å². The van der Waals surface area contributed by atoms with E-state index in [4.69, 9.17) is 10.5 Å². The third kappa shape index (κ3) is 33.8. The van der Waals surface area contributed by atoms with Crippen LogP contribution in [0.1, 0.15) is 187 Å². The van der Waals surface area contributed by atoms with Gasteiger partial charge in [-0.25, -0.2) is 4.79 Å². The predicted octanol–water partition coefficient (Wildman–Crippen LogP) is 11.2. The number of carbonyl (C=O) groups is 3. The van der Waals surface area contributed by atoms with E-state index < -0.39 is 12.0 Å². The third-order valence-corrected chi connectivity index (χ3v) is 8.86. The number of nitrogens with one attached hydrogen (secondary N) is 1. The van der Waals surface area contributed by atoms with Crippen LogP contribution in [0.15, 0.2) is 48.6 Å². The molecule has 0 radical (unpaired) electrons. The first-order chi connectivity index (χ1) is 24.4. The van der Waals surface area contributed by atoms with Crippen LogP contribution in [-0.2, 0) is 19.1 Å². The second kappa shape index (κ2) is 37.6. The van der Waals surface area contributed by atoms with Gasteiger partial charge < -0.3 is 20.9 Å². The van der Waals surface area contributed by atoms with Gasteiger partial charge in [0.15, 0.2) is 0 Å². The minimum Gasteiger partial charge on any atom is -0.480 e. The number of carboxylic acids is 1. The molecule has 0 heterocycles. The number of ether oxygens (including phenoxy) is 1. The van der Waals surface area contributed by atoms with Crippen LogP contribution in [0.3, 0.4) is 0 Å². The van der Waals surface area contributed by atoms with Gasteiger partial charge in [-0.15, -0.1) is 0 Å². The van der Waals surface area contributed by atoms with E-state index in [0.717, 1.165) is 96.3 Å². The maximum Gasteiger partial charge on any atom is 0.326 e. The van der Waals surface area contributed by atoms with Crippen LogP contribution in [0.5, 0.6) is 0 Å². The summed E-state index contributed by atoms with van der Waals surface area (Å²) in [6.45, 7) is 4.81. The molecule has 7 heteroatoms. The third-order valence-electron chi connectivity index (χ3n) is 8.86. The van der Waals surface area contributed by atoms with Crippen molar-refractivity contribution in [2.24, 2.45) is 5.73 Å². The number of hydrogen-bond acceptors (Lipinski definition) is 5. The molecule has 288 valence electrons. The zero-order valence-corrected chi connectivity index (χ0v) is 32.2. The van der Waals surface area contributed by atoms with Gasteiger partial charge in [0.05, 0.1) is 0 Å². The highest BCUT2D eigenvalue weighted by Gasteiger charge is 2.18. The van der Waals surface area contributed by atoms with Crippen molar-refractivity contribution in [3.63, 3.8) is 0 Å². The molecule has 0 aromatic rings. The molecule has 50 heavy (non-hydrogen) atoms. The smallest absolute Gasteiger partial charge is 0.326 e. The Morgan fingerprint density at radius 2 is 1.16 bits per heavy atom. The highest BCUT2D eigenvalue weighted by Crippen LogP contribution is 2.16. The normalized spacial score (nSPS) is 13.2. The zero-order valence-electron chi connectivity index (χ0n) is 32.2. The topological polar surface area (TPSA) is 119 Å². The number of hydrogen-bond donors (Lipinski definition) is 3. The summed E-state index contributed by atoms with van der Waals surface area (Å²) in [4.78, 5) is 36.2. The SMILES string of the molecule is CC/C=C\C/C=C\C/C=C\CCCCCCCC(=O)OC(/C=C\CCCCCCCC)CCCCCCCCC(=O)NC(CCCN)C(=O)O. The number of unbranched alkanes of at least 4 members (excludes halogenated alkanes) is 16. The Hall–Kier alpha value is -2.67. The summed E-state index contributed by atoms with van der Waals surface area (Å²) in [6, 6.07) is -0.855. The van der Waals surface area contributed by atoms with Crippen molar-refractivity contribution in [1.29, 1.82) is 0 Å². The maximum absolute atomic E-state index is 12.7.